The summed E-state index contributed by atoms with van der Waals surface area (Å²) in [6.07, 6.45) is 0. The number of para-hydroxylation sites is 1. The van der Waals surface area contributed by atoms with Gasteiger partial charge < -0.3 is 9.32 Å². The van der Waals surface area contributed by atoms with Crippen LogP contribution < -0.4 is 4.90 Å². The lowest BCUT2D eigenvalue weighted by Gasteiger charge is -2.28. The molecule has 272 valence electrons. The van der Waals surface area contributed by atoms with Gasteiger partial charge in [0.25, 0.3) is 0 Å². The van der Waals surface area contributed by atoms with E-state index in [0.29, 0.717) is 5.89 Å². The van der Waals surface area contributed by atoms with Gasteiger partial charge in [0.15, 0.2) is 5.58 Å². The summed E-state index contributed by atoms with van der Waals surface area (Å²) in [6, 6.07) is 77.8. The van der Waals surface area contributed by atoms with Gasteiger partial charge in [-0.25, -0.2) is 4.98 Å². The molecule has 0 saturated carbocycles. The SMILES string of the molecule is c1ccc(-c2nc3c(ccc4c(-c5ccc(N(c6ccc(-c7cc8ccccc8c8ccccc78)cc6)c6ccccc6-c6ccccc6)cc5)cccc43)o2)cc1. The largest absolute Gasteiger partial charge is 0.436 e. The van der Waals surface area contributed by atoms with Crippen LogP contribution in [0.2, 0.25) is 0 Å². The van der Waals surface area contributed by atoms with Gasteiger partial charge in [0.2, 0.25) is 5.89 Å². The lowest BCUT2D eigenvalue weighted by atomic mass is 9.93. The molecule has 0 atom stereocenters. The van der Waals surface area contributed by atoms with Crippen LogP contribution in [0.5, 0.6) is 0 Å². The van der Waals surface area contributed by atoms with E-state index in [1.807, 2.05) is 36.4 Å². The van der Waals surface area contributed by atoms with Crippen LogP contribution in [0.3, 0.4) is 0 Å². The van der Waals surface area contributed by atoms with E-state index in [1.54, 1.807) is 0 Å². The van der Waals surface area contributed by atoms with Gasteiger partial charge >= 0.3 is 0 Å². The molecule has 0 aliphatic heterocycles. The number of benzene rings is 10. The Morgan fingerprint density at radius 1 is 0.345 bits per heavy atom. The number of hydrogen-bond acceptors (Lipinski definition) is 3. The molecule has 10 aromatic carbocycles. The molecule has 1 aromatic heterocycles. The third kappa shape index (κ3) is 5.80. The molecule has 0 amide bonds. The Bertz CT molecular complexity index is 3260. The minimum absolute atomic E-state index is 0.632. The second kappa shape index (κ2) is 14.1. The Labute approximate surface area is 336 Å². The first-order valence-electron chi connectivity index (χ1n) is 19.7. The molecule has 0 aliphatic carbocycles. The zero-order valence-electron chi connectivity index (χ0n) is 31.6. The van der Waals surface area contributed by atoms with Crippen molar-refractivity contribution in [3.8, 4) is 44.8 Å². The summed E-state index contributed by atoms with van der Waals surface area (Å²) >= 11 is 0. The quantitative estimate of drug-likeness (QED) is 0.152. The molecule has 0 saturated heterocycles. The maximum Gasteiger partial charge on any atom is 0.227 e. The highest BCUT2D eigenvalue weighted by Gasteiger charge is 2.19. The van der Waals surface area contributed by atoms with Crippen molar-refractivity contribution < 1.29 is 4.42 Å². The van der Waals surface area contributed by atoms with Crippen LogP contribution in [0.4, 0.5) is 17.1 Å². The van der Waals surface area contributed by atoms with Gasteiger partial charge in [-0.3, -0.25) is 0 Å². The summed E-state index contributed by atoms with van der Waals surface area (Å²) < 4.78 is 6.23. The number of nitrogens with zero attached hydrogens (tertiary/aromatic N) is 2. The van der Waals surface area contributed by atoms with Crippen LogP contribution in [0.1, 0.15) is 0 Å². The van der Waals surface area contributed by atoms with Crippen molar-refractivity contribution in [2.75, 3.05) is 4.90 Å². The molecule has 11 aromatic rings. The number of aromatic nitrogens is 1. The second-order valence-electron chi connectivity index (χ2n) is 14.7. The molecule has 1 heterocycles. The average molecular weight is 741 g/mol. The number of hydrogen-bond donors (Lipinski definition) is 0. The molecule has 0 aliphatic rings. The number of rotatable bonds is 7. The molecule has 0 unspecified atom stereocenters. The average Bonchev–Trinajstić information content (AvgIpc) is 3.75. The van der Waals surface area contributed by atoms with E-state index in [9.17, 15) is 0 Å². The van der Waals surface area contributed by atoms with E-state index in [2.05, 4.69) is 187 Å². The number of anilines is 3. The summed E-state index contributed by atoms with van der Waals surface area (Å²) in [7, 11) is 0. The molecule has 0 fully saturated rings. The lowest BCUT2D eigenvalue weighted by Crippen LogP contribution is -2.11. The first-order chi connectivity index (χ1) is 28.8. The molecule has 3 heteroatoms. The Hall–Kier alpha value is -7.75. The summed E-state index contributed by atoms with van der Waals surface area (Å²) in [5.41, 5.74) is 12.9. The van der Waals surface area contributed by atoms with Crippen molar-refractivity contribution in [1.29, 1.82) is 0 Å². The van der Waals surface area contributed by atoms with E-state index in [1.165, 1.54) is 38.2 Å². The Morgan fingerprint density at radius 3 is 1.62 bits per heavy atom. The monoisotopic (exact) mass is 740 g/mol. The highest BCUT2D eigenvalue weighted by atomic mass is 16.3. The van der Waals surface area contributed by atoms with E-state index in [-0.39, 0.29) is 0 Å². The van der Waals surface area contributed by atoms with Crippen LogP contribution in [0, 0.1) is 0 Å². The lowest BCUT2D eigenvalue weighted by molar-refractivity contribution is 0.620. The van der Waals surface area contributed by atoms with E-state index in [4.69, 9.17) is 9.40 Å². The first-order valence-corrected chi connectivity index (χ1v) is 19.7. The molecule has 0 radical (unpaired) electrons. The number of fused-ring (bicyclic) bond motifs is 6. The van der Waals surface area contributed by atoms with Crippen molar-refractivity contribution in [2.24, 2.45) is 0 Å². The highest BCUT2D eigenvalue weighted by Crippen LogP contribution is 2.43. The maximum absolute atomic E-state index is 6.23. The molecule has 0 N–H and O–H groups in total. The molecular weight excluding hydrogens is 705 g/mol. The van der Waals surface area contributed by atoms with Crippen LogP contribution in [-0.2, 0) is 0 Å². The van der Waals surface area contributed by atoms with E-state index in [0.717, 1.165) is 61.2 Å². The Balaban J connectivity index is 1.02. The summed E-state index contributed by atoms with van der Waals surface area (Å²) in [5, 5.41) is 7.25. The topological polar surface area (TPSA) is 29.3 Å². The minimum atomic E-state index is 0.632. The van der Waals surface area contributed by atoms with Gasteiger partial charge in [-0.15, -0.1) is 0 Å². The van der Waals surface area contributed by atoms with Gasteiger partial charge in [-0.2, -0.15) is 0 Å². The van der Waals surface area contributed by atoms with Crippen LogP contribution in [-0.4, -0.2) is 4.98 Å². The Morgan fingerprint density at radius 2 is 0.879 bits per heavy atom. The van der Waals surface area contributed by atoms with Crippen LogP contribution >= 0.6 is 0 Å². The van der Waals surface area contributed by atoms with Gasteiger partial charge in [0.1, 0.15) is 5.52 Å². The third-order valence-corrected chi connectivity index (χ3v) is 11.3. The fourth-order valence-electron chi connectivity index (χ4n) is 8.53. The van der Waals surface area contributed by atoms with Crippen molar-refractivity contribution >= 4 is 60.5 Å². The van der Waals surface area contributed by atoms with Gasteiger partial charge in [-0.05, 0) is 115 Å². The number of oxazole rings is 1. The first kappa shape index (κ1) is 33.6. The molecule has 11 rings (SSSR count). The zero-order chi connectivity index (χ0) is 38.4. The minimum Gasteiger partial charge on any atom is -0.436 e. The van der Waals surface area contributed by atoms with Crippen molar-refractivity contribution in [3.05, 3.63) is 218 Å². The Kier molecular flexibility index (Phi) is 8.15. The maximum atomic E-state index is 6.23. The highest BCUT2D eigenvalue weighted by molar-refractivity contribution is 6.14. The molecule has 0 bridgehead atoms. The van der Waals surface area contributed by atoms with Gasteiger partial charge in [0.05, 0.1) is 5.69 Å². The molecular formula is C55H36N2O. The van der Waals surface area contributed by atoms with Gasteiger partial charge in [0, 0.05) is 27.9 Å². The fourth-order valence-corrected chi connectivity index (χ4v) is 8.53. The van der Waals surface area contributed by atoms with Crippen LogP contribution in [0.15, 0.2) is 223 Å². The molecule has 3 nitrogen and oxygen atoms in total. The molecule has 58 heavy (non-hydrogen) atoms. The van der Waals surface area contributed by atoms with E-state index < -0.39 is 0 Å². The van der Waals surface area contributed by atoms with Crippen molar-refractivity contribution in [1.82, 2.24) is 4.98 Å². The van der Waals surface area contributed by atoms with Gasteiger partial charge in [-0.1, -0.05) is 158 Å². The van der Waals surface area contributed by atoms with E-state index >= 15 is 0 Å². The third-order valence-electron chi connectivity index (χ3n) is 11.3. The second-order valence-corrected chi connectivity index (χ2v) is 14.7. The smallest absolute Gasteiger partial charge is 0.227 e. The summed E-state index contributed by atoms with van der Waals surface area (Å²) in [4.78, 5) is 7.34. The van der Waals surface area contributed by atoms with Crippen LogP contribution in [0.25, 0.3) is 88.3 Å². The molecule has 0 spiro atoms. The zero-order valence-corrected chi connectivity index (χ0v) is 31.6. The summed E-state index contributed by atoms with van der Waals surface area (Å²) in [6.45, 7) is 0. The van der Waals surface area contributed by atoms with Crippen molar-refractivity contribution in [3.63, 3.8) is 0 Å². The predicted molar refractivity (Wildman–Crippen MR) is 243 cm³/mol. The summed E-state index contributed by atoms with van der Waals surface area (Å²) in [5.74, 6) is 0.632. The normalized spacial score (nSPS) is 11.4. The standard InChI is InChI=1S/C55H36N2O/c1-3-14-37(15-4-1)46-20-11-12-25-52(46)57(43-32-28-39(29-33-43)51-36-41-18-7-8-19-45(41)47-21-9-10-22-48(47)51)42-30-26-38(27-31-42)44-23-13-24-50-49(44)34-35-53-54(50)56-55(58-53)40-16-5-2-6-17-40/h1-36H. The predicted octanol–water partition coefficient (Wildman–Crippen LogP) is 15.4. The van der Waals surface area contributed by atoms with Crippen molar-refractivity contribution in [2.45, 2.75) is 0 Å². The fraction of sp³-hybridized carbons (Fsp3) is 0.